The van der Waals surface area contributed by atoms with Crippen molar-refractivity contribution in [2.45, 2.75) is 78.3 Å². The van der Waals surface area contributed by atoms with E-state index in [2.05, 4.69) is 24.1 Å². The number of carbonyl (C=O) groups excluding carboxylic acids is 1. The normalized spacial score (nSPS) is 29.2. The Labute approximate surface area is 130 Å². The maximum Gasteiger partial charge on any atom is 0.222 e. The van der Waals surface area contributed by atoms with Crippen LogP contribution in [0.2, 0.25) is 0 Å². The van der Waals surface area contributed by atoms with Crippen molar-refractivity contribution in [3.8, 4) is 0 Å². The first-order chi connectivity index (χ1) is 10.0. The number of rotatable bonds is 6. The average Bonchev–Trinajstić information content (AvgIpc) is 2.36. The van der Waals surface area contributed by atoms with Gasteiger partial charge in [-0.3, -0.25) is 9.69 Å². The molecule has 1 N–H and O–H groups in total. The van der Waals surface area contributed by atoms with Crippen molar-refractivity contribution in [3.05, 3.63) is 0 Å². The lowest BCUT2D eigenvalue weighted by atomic mass is 9.78. The average molecular weight is 294 g/mol. The summed E-state index contributed by atoms with van der Waals surface area (Å²) < 4.78 is 0. The van der Waals surface area contributed by atoms with E-state index in [1.165, 1.54) is 45.1 Å². The number of amides is 1. The summed E-state index contributed by atoms with van der Waals surface area (Å²) in [6, 6.07) is 1.05. The van der Waals surface area contributed by atoms with Gasteiger partial charge in [-0.05, 0) is 44.4 Å². The molecule has 1 heterocycles. The summed E-state index contributed by atoms with van der Waals surface area (Å²) in [6.07, 6.45) is 7.93. The summed E-state index contributed by atoms with van der Waals surface area (Å²) >= 11 is 0. The predicted octanol–water partition coefficient (Wildman–Crippen LogP) is 3.44. The Morgan fingerprint density at radius 3 is 2.48 bits per heavy atom. The minimum Gasteiger partial charge on any atom is -0.352 e. The van der Waals surface area contributed by atoms with Gasteiger partial charge in [0.1, 0.15) is 0 Å². The fraction of sp³-hybridized carbons (Fsp3) is 0.944. The molecule has 1 aliphatic carbocycles. The molecule has 2 rings (SSSR count). The van der Waals surface area contributed by atoms with Crippen LogP contribution in [0.3, 0.4) is 0 Å². The molecule has 3 heteroatoms. The van der Waals surface area contributed by atoms with Gasteiger partial charge in [0.2, 0.25) is 5.91 Å². The zero-order valence-corrected chi connectivity index (χ0v) is 14.4. The number of piperidine rings is 1. The van der Waals surface area contributed by atoms with Crippen molar-refractivity contribution < 1.29 is 4.79 Å². The van der Waals surface area contributed by atoms with Gasteiger partial charge in [-0.15, -0.1) is 0 Å². The molecule has 3 nitrogen and oxygen atoms in total. The van der Waals surface area contributed by atoms with Gasteiger partial charge in [0, 0.05) is 31.1 Å². The molecule has 1 saturated heterocycles. The Hall–Kier alpha value is -0.570. The molecule has 122 valence electrons. The minimum atomic E-state index is 0.0917. The zero-order valence-electron chi connectivity index (χ0n) is 14.4. The smallest absolute Gasteiger partial charge is 0.222 e. The van der Waals surface area contributed by atoms with Crippen LogP contribution in [0.4, 0.5) is 0 Å². The topological polar surface area (TPSA) is 32.3 Å². The first kappa shape index (κ1) is 16.8. The molecule has 3 unspecified atom stereocenters. The zero-order chi connectivity index (χ0) is 15.4. The van der Waals surface area contributed by atoms with E-state index in [1.54, 1.807) is 0 Å². The second kappa shape index (κ2) is 7.62. The SMILES string of the molecule is CCCC1CC(NC(=O)C(C)C)CN(C(C)C2CCC2)C1. The second-order valence-corrected chi connectivity index (χ2v) is 7.64. The third-order valence-corrected chi connectivity index (χ3v) is 5.54. The van der Waals surface area contributed by atoms with Crippen LogP contribution in [0.1, 0.15) is 66.2 Å². The van der Waals surface area contributed by atoms with Crippen molar-refractivity contribution in [3.63, 3.8) is 0 Å². The monoisotopic (exact) mass is 294 g/mol. The number of hydrogen-bond acceptors (Lipinski definition) is 2. The molecule has 0 aromatic carbocycles. The van der Waals surface area contributed by atoms with E-state index in [9.17, 15) is 4.79 Å². The number of nitrogens with one attached hydrogen (secondary N) is 1. The van der Waals surface area contributed by atoms with Gasteiger partial charge in [-0.25, -0.2) is 0 Å². The lowest BCUT2D eigenvalue weighted by molar-refractivity contribution is -0.125. The van der Waals surface area contributed by atoms with E-state index < -0.39 is 0 Å². The fourth-order valence-electron chi connectivity index (χ4n) is 3.88. The molecule has 21 heavy (non-hydrogen) atoms. The van der Waals surface area contributed by atoms with Crippen LogP contribution >= 0.6 is 0 Å². The van der Waals surface area contributed by atoms with Crippen LogP contribution in [0.25, 0.3) is 0 Å². The maximum absolute atomic E-state index is 12.0. The van der Waals surface area contributed by atoms with Crippen molar-refractivity contribution >= 4 is 5.91 Å². The molecule has 3 atom stereocenters. The molecule has 0 spiro atoms. The Balaban J connectivity index is 1.95. The van der Waals surface area contributed by atoms with Gasteiger partial charge in [0.05, 0.1) is 0 Å². The Bertz CT molecular complexity index is 338. The van der Waals surface area contributed by atoms with E-state index >= 15 is 0 Å². The van der Waals surface area contributed by atoms with Gasteiger partial charge in [-0.2, -0.15) is 0 Å². The molecule has 0 aromatic rings. The molecular formula is C18H34N2O. The summed E-state index contributed by atoms with van der Waals surface area (Å²) in [6.45, 7) is 10.9. The second-order valence-electron chi connectivity index (χ2n) is 7.64. The molecule has 1 saturated carbocycles. The predicted molar refractivity (Wildman–Crippen MR) is 88.2 cm³/mol. The first-order valence-corrected chi connectivity index (χ1v) is 9.05. The number of hydrogen-bond donors (Lipinski definition) is 1. The lowest BCUT2D eigenvalue weighted by Crippen LogP contribution is -2.55. The van der Waals surface area contributed by atoms with Crippen molar-refractivity contribution in [2.24, 2.45) is 17.8 Å². The van der Waals surface area contributed by atoms with Gasteiger partial charge in [0.15, 0.2) is 0 Å². The van der Waals surface area contributed by atoms with Crippen LogP contribution in [0.5, 0.6) is 0 Å². The maximum atomic E-state index is 12.0. The Kier molecular flexibility index (Phi) is 6.09. The molecular weight excluding hydrogens is 260 g/mol. The van der Waals surface area contributed by atoms with Crippen molar-refractivity contribution in [1.82, 2.24) is 10.2 Å². The highest BCUT2D eigenvalue weighted by Crippen LogP contribution is 2.34. The van der Waals surface area contributed by atoms with E-state index in [0.717, 1.165) is 18.4 Å². The number of carbonyl (C=O) groups is 1. The molecule has 0 radical (unpaired) electrons. The summed E-state index contributed by atoms with van der Waals surface area (Å²) in [5, 5.41) is 3.29. The van der Waals surface area contributed by atoms with Crippen LogP contribution < -0.4 is 5.32 Å². The van der Waals surface area contributed by atoms with Crippen molar-refractivity contribution in [1.29, 1.82) is 0 Å². The molecule has 0 aromatic heterocycles. The fourth-order valence-corrected chi connectivity index (χ4v) is 3.88. The van der Waals surface area contributed by atoms with Crippen LogP contribution in [-0.2, 0) is 4.79 Å². The minimum absolute atomic E-state index is 0.0917. The largest absolute Gasteiger partial charge is 0.352 e. The quantitative estimate of drug-likeness (QED) is 0.814. The lowest BCUT2D eigenvalue weighted by Gasteiger charge is -2.45. The molecule has 1 aliphatic heterocycles. The van der Waals surface area contributed by atoms with Gasteiger partial charge >= 0.3 is 0 Å². The third kappa shape index (κ3) is 4.45. The van der Waals surface area contributed by atoms with Gasteiger partial charge in [-0.1, -0.05) is 33.6 Å². The summed E-state index contributed by atoms with van der Waals surface area (Å²) in [7, 11) is 0. The van der Waals surface area contributed by atoms with Crippen LogP contribution in [-0.4, -0.2) is 36.0 Å². The first-order valence-electron chi connectivity index (χ1n) is 9.05. The van der Waals surface area contributed by atoms with Crippen LogP contribution in [0.15, 0.2) is 0 Å². The van der Waals surface area contributed by atoms with E-state index in [1.807, 2.05) is 13.8 Å². The van der Waals surface area contributed by atoms with E-state index in [0.29, 0.717) is 12.1 Å². The van der Waals surface area contributed by atoms with E-state index in [4.69, 9.17) is 0 Å². The third-order valence-electron chi connectivity index (χ3n) is 5.54. The molecule has 2 fully saturated rings. The highest BCUT2D eigenvalue weighted by atomic mass is 16.1. The molecule has 2 aliphatic rings. The molecule has 0 bridgehead atoms. The molecule has 1 amide bonds. The number of likely N-dealkylation sites (tertiary alicyclic amines) is 1. The van der Waals surface area contributed by atoms with Gasteiger partial charge in [0.25, 0.3) is 0 Å². The van der Waals surface area contributed by atoms with Crippen LogP contribution in [0, 0.1) is 17.8 Å². The van der Waals surface area contributed by atoms with Gasteiger partial charge < -0.3 is 5.32 Å². The summed E-state index contributed by atoms with van der Waals surface area (Å²) in [5.41, 5.74) is 0. The number of nitrogens with zero attached hydrogens (tertiary/aromatic N) is 1. The summed E-state index contributed by atoms with van der Waals surface area (Å²) in [5.74, 6) is 1.96. The highest BCUT2D eigenvalue weighted by Gasteiger charge is 2.34. The highest BCUT2D eigenvalue weighted by molar-refractivity contribution is 5.78. The Morgan fingerprint density at radius 1 is 1.24 bits per heavy atom. The van der Waals surface area contributed by atoms with E-state index in [-0.39, 0.29) is 11.8 Å². The Morgan fingerprint density at radius 2 is 1.95 bits per heavy atom. The standard InChI is InChI=1S/C18H34N2O/c1-5-7-15-10-17(19-18(21)13(2)3)12-20(11-15)14(4)16-8-6-9-16/h13-17H,5-12H2,1-4H3,(H,19,21). The van der Waals surface area contributed by atoms with Crippen molar-refractivity contribution in [2.75, 3.05) is 13.1 Å². The summed E-state index contributed by atoms with van der Waals surface area (Å²) in [4.78, 5) is 14.7.